The highest BCUT2D eigenvalue weighted by atomic mass is 16.6. The molecule has 2 aromatic carbocycles. The molecule has 4 heteroatoms. The van der Waals surface area contributed by atoms with E-state index in [4.69, 9.17) is 9.47 Å². The van der Waals surface area contributed by atoms with E-state index in [0.717, 1.165) is 17.0 Å². The van der Waals surface area contributed by atoms with E-state index >= 15 is 0 Å². The van der Waals surface area contributed by atoms with Crippen LogP contribution in [0.3, 0.4) is 0 Å². The lowest BCUT2D eigenvalue weighted by molar-refractivity contribution is 0.00696. The van der Waals surface area contributed by atoms with Crippen LogP contribution in [0.1, 0.15) is 36.7 Å². The molecule has 0 bridgehead atoms. The van der Waals surface area contributed by atoms with E-state index < -0.39 is 5.60 Å². The summed E-state index contributed by atoms with van der Waals surface area (Å²) in [7, 11) is 0. The lowest BCUT2D eigenvalue weighted by Gasteiger charge is -2.20. The van der Waals surface area contributed by atoms with Crippen LogP contribution in [0.4, 0.5) is 5.69 Å². The second kappa shape index (κ2) is 5.37. The van der Waals surface area contributed by atoms with Crippen molar-refractivity contribution in [3.05, 3.63) is 53.6 Å². The topological polar surface area (TPSA) is 47.6 Å². The SMILES string of the molecule is CC(C)(C)OC(=O)c1ccc2c(c1)NCc1ccccc1O2. The van der Waals surface area contributed by atoms with Crippen LogP contribution < -0.4 is 10.1 Å². The molecular formula is C18H19NO3. The Hall–Kier alpha value is -2.49. The minimum absolute atomic E-state index is 0.334. The number of para-hydroxylation sites is 1. The normalized spacial score (nSPS) is 13.0. The number of hydrogen-bond acceptors (Lipinski definition) is 4. The number of carbonyl (C=O) groups excluding carboxylic acids is 1. The molecule has 0 amide bonds. The molecule has 1 aliphatic heterocycles. The Balaban J connectivity index is 1.88. The fourth-order valence-electron chi connectivity index (χ4n) is 2.28. The number of rotatable bonds is 1. The maximum absolute atomic E-state index is 12.2. The van der Waals surface area contributed by atoms with Gasteiger partial charge in [-0.2, -0.15) is 0 Å². The first kappa shape index (κ1) is 14.4. The van der Waals surface area contributed by atoms with E-state index in [1.165, 1.54) is 0 Å². The molecule has 4 nitrogen and oxygen atoms in total. The van der Waals surface area contributed by atoms with Crippen molar-refractivity contribution < 1.29 is 14.3 Å². The molecule has 0 aliphatic carbocycles. The van der Waals surface area contributed by atoms with Crippen LogP contribution in [-0.2, 0) is 11.3 Å². The van der Waals surface area contributed by atoms with Gasteiger partial charge < -0.3 is 14.8 Å². The lowest BCUT2D eigenvalue weighted by atomic mass is 10.1. The van der Waals surface area contributed by atoms with Crippen molar-refractivity contribution in [3.8, 4) is 11.5 Å². The second-order valence-electron chi connectivity index (χ2n) is 6.28. The molecule has 0 spiro atoms. The minimum atomic E-state index is -0.510. The van der Waals surface area contributed by atoms with E-state index in [1.807, 2.05) is 45.0 Å². The molecule has 0 saturated heterocycles. The van der Waals surface area contributed by atoms with Crippen LogP contribution >= 0.6 is 0 Å². The standard InChI is InChI=1S/C18H19NO3/c1-18(2,3)22-17(20)12-8-9-16-14(10-12)19-11-13-6-4-5-7-15(13)21-16/h4-10,19H,11H2,1-3H3. The third-order valence-corrected chi connectivity index (χ3v) is 3.28. The largest absolute Gasteiger partial charge is 0.456 e. The Morgan fingerprint density at radius 2 is 1.91 bits per heavy atom. The van der Waals surface area contributed by atoms with Gasteiger partial charge in [-0.3, -0.25) is 0 Å². The number of fused-ring (bicyclic) bond motifs is 2. The number of esters is 1. The smallest absolute Gasteiger partial charge is 0.338 e. The van der Waals surface area contributed by atoms with Crippen LogP contribution in [0.5, 0.6) is 11.5 Å². The predicted octanol–water partition coefficient (Wildman–Crippen LogP) is 4.36. The first-order valence-electron chi connectivity index (χ1n) is 7.29. The average Bonchev–Trinajstić information content (AvgIpc) is 2.63. The Morgan fingerprint density at radius 3 is 2.68 bits per heavy atom. The van der Waals surface area contributed by atoms with Crippen molar-refractivity contribution >= 4 is 11.7 Å². The molecule has 0 atom stereocenters. The van der Waals surface area contributed by atoms with E-state index in [-0.39, 0.29) is 5.97 Å². The van der Waals surface area contributed by atoms with Crippen LogP contribution in [-0.4, -0.2) is 11.6 Å². The zero-order valence-electron chi connectivity index (χ0n) is 13.0. The molecule has 0 fully saturated rings. The fraction of sp³-hybridized carbons (Fsp3) is 0.278. The monoisotopic (exact) mass is 297 g/mol. The van der Waals surface area contributed by atoms with Crippen LogP contribution in [0.25, 0.3) is 0 Å². The van der Waals surface area contributed by atoms with Crippen molar-refractivity contribution in [3.63, 3.8) is 0 Å². The van der Waals surface area contributed by atoms with E-state index in [1.54, 1.807) is 18.2 Å². The summed E-state index contributed by atoms with van der Waals surface area (Å²) in [6.45, 7) is 6.21. The zero-order chi connectivity index (χ0) is 15.7. The molecule has 0 unspecified atom stereocenters. The van der Waals surface area contributed by atoms with Gasteiger partial charge in [0.2, 0.25) is 0 Å². The van der Waals surface area contributed by atoms with Gasteiger partial charge in [-0.1, -0.05) is 18.2 Å². The van der Waals surface area contributed by atoms with Crippen LogP contribution in [0, 0.1) is 0 Å². The number of hydrogen-bond donors (Lipinski definition) is 1. The fourth-order valence-corrected chi connectivity index (χ4v) is 2.28. The number of ether oxygens (including phenoxy) is 2. The third-order valence-electron chi connectivity index (χ3n) is 3.28. The maximum atomic E-state index is 12.2. The van der Waals surface area contributed by atoms with Crippen molar-refractivity contribution in [1.29, 1.82) is 0 Å². The number of carbonyl (C=O) groups is 1. The summed E-state index contributed by atoms with van der Waals surface area (Å²) < 4.78 is 11.3. The van der Waals surface area contributed by atoms with Gasteiger partial charge in [-0.25, -0.2) is 4.79 Å². The molecule has 22 heavy (non-hydrogen) atoms. The summed E-state index contributed by atoms with van der Waals surface area (Å²) in [4.78, 5) is 12.2. The third kappa shape index (κ3) is 3.06. The summed E-state index contributed by atoms with van der Waals surface area (Å²) in [6.07, 6.45) is 0. The van der Waals surface area contributed by atoms with Crippen molar-refractivity contribution in [2.24, 2.45) is 0 Å². The first-order chi connectivity index (χ1) is 10.4. The van der Waals surface area contributed by atoms with Crippen molar-refractivity contribution in [2.45, 2.75) is 32.9 Å². The molecule has 0 radical (unpaired) electrons. The summed E-state index contributed by atoms with van der Waals surface area (Å²) in [5.74, 6) is 1.20. The molecule has 3 rings (SSSR count). The Morgan fingerprint density at radius 1 is 1.14 bits per heavy atom. The van der Waals surface area contributed by atoms with Crippen molar-refractivity contribution in [1.82, 2.24) is 0 Å². The van der Waals surface area contributed by atoms with Crippen LogP contribution in [0.15, 0.2) is 42.5 Å². The van der Waals surface area contributed by atoms with Crippen molar-refractivity contribution in [2.75, 3.05) is 5.32 Å². The van der Waals surface area contributed by atoms with Gasteiger partial charge in [0.1, 0.15) is 11.4 Å². The molecular weight excluding hydrogens is 278 g/mol. The van der Waals surface area contributed by atoms with E-state index in [0.29, 0.717) is 17.9 Å². The summed E-state index contributed by atoms with van der Waals surface area (Å²) in [5.41, 5.74) is 1.87. The van der Waals surface area contributed by atoms with Crippen LogP contribution in [0.2, 0.25) is 0 Å². The molecule has 0 aromatic heterocycles. The average molecular weight is 297 g/mol. The molecule has 114 valence electrons. The number of benzene rings is 2. The van der Waals surface area contributed by atoms with E-state index in [2.05, 4.69) is 5.32 Å². The Labute approximate surface area is 130 Å². The van der Waals surface area contributed by atoms with Gasteiger partial charge in [-0.15, -0.1) is 0 Å². The zero-order valence-corrected chi connectivity index (χ0v) is 13.0. The van der Waals surface area contributed by atoms with Gasteiger partial charge in [0.25, 0.3) is 0 Å². The molecule has 2 aromatic rings. The van der Waals surface area contributed by atoms with Gasteiger partial charge in [-0.05, 0) is 45.0 Å². The van der Waals surface area contributed by atoms with Gasteiger partial charge in [0, 0.05) is 12.1 Å². The van der Waals surface area contributed by atoms with Gasteiger partial charge in [0.15, 0.2) is 5.75 Å². The Kier molecular flexibility index (Phi) is 3.53. The summed E-state index contributed by atoms with van der Waals surface area (Å²) >= 11 is 0. The Bertz CT molecular complexity index is 717. The van der Waals surface area contributed by atoms with Gasteiger partial charge >= 0.3 is 5.97 Å². The minimum Gasteiger partial charge on any atom is -0.456 e. The van der Waals surface area contributed by atoms with E-state index in [9.17, 15) is 4.79 Å². The predicted molar refractivity (Wildman–Crippen MR) is 85.5 cm³/mol. The molecule has 0 saturated carbocycles. The number of anilines is 1. The number of nitrogens with one attached hydrogen (secondary N) is 1. The van der Waals surface area contributed by atoms with Gasteiger partial charge in [0.05, 0.1) is 11.3 Å². The second-order valence-corrected chi connectivity index (χ2v) is 6.28. The molecule has 1 N–H and O–H groups in total. The lowest BCUT2D eigenvalue weighted by Crippen LogP contribution is -2.23. The molecule has 1 heterocycles. The first-order valence-corrected chi connectivity index (χ1v) is 7.29. The highest BCUT2D eigenvalue weighted by molar-refractivity contribution is 5.91. The summed E-state index contributed by atoms with van der Waals surface area (Å²) in [5, 5.41) is 3.31. The molecule has 1 aliphatic rings. The highest BCUT2D eigenvalue weighted by Gasteiger charge is 2.20. The highest BCUT2D eigenvalue weighted by Crippen LogP contribution is 2.36. The quantitative estimate of drug-likeness (QED) is 0.794. The summed E-state index contributed by atoms with van der Waals surface area (Å²) in [6, 6.07) is 13.2. The maximum Gasteiger partial charge on any atom is 0.338 e.